The Bertz CT molecular complexity index is 939. The fourth-order valence-corrected chi connectivity index (χ4v) is 2.76. The second-order valence-corrected chi connectivity index (χ2v) is 6.41. The first-order valence-electron chi connectivity index (χ1n) is 9.17. The SMILES string of the molecule is Nc1cccc(N)c1OCCCOc1ccc(-c2ccc(OC(F)(F)F)cc2)cc1. The van der Waals surface area contributed by atoms with Crippen LogP contribution in [0.5, 0.6) is 17.2 Å². The Hall–Kier alpha value is -3.55. The van der Waals surface area contributed by atoms with Crippen molar-refractivity contribution in [2.75, 3.05) is 24.7 Å². The zero-order chi connectivity index (χ0) is 21.6. The molecule has 0 saturated carbocycles. The van der Waals surface area contributed by atoms with Crippen molar-refractivity contribution in [1.82, 2.24) is 0 Å². The third-order valence-corrected chi connectivity index (χ3v) is 4.16. The molecular weight excluding hydrogens is 397 g/mol. The summed E-state index contributed by atoms with van der Waals surface area (Å²) in [6.45, 7) is 0.846. The maximum absolute atomic E-state index is 12.2. The summed E-state index contributed by atoms with van der Waals surface area (Å²) >= 11 is 0. The molecule has 158 valence electrons. The Morgan fingerprint density at radius 3 is 1.70 bits per heavy atom. The molecule has 0 atom stereocenters. The van der Waals surface area contributed by atoms with Gasteiger partial charge in [0, 0.05) is 6.42 Å². The molecule has 0 unspecified atom stereocenters. The van der Waals surface area contributed by atoms with E-state index in [-0.39, 0.29) is 5.75 Å². The Labute approximate surface area is 172 Å². The van der Waals surface area contributed by atoms with Crippen LogP contribution in [0.25, 0.3) is 11.1 Å². The quantitative estimate of drug-likeness (QED) is 0.385. The van der Waals surface area contributed by atoms with Gasteiger partial charge in [0.15, 0.2) is 5.75 Å². The lowest BCUT2D eigenvalue weighted by atomic mass is 10.1. The van der Waals surface area contributed by atoms with Crippen LogP contribution in [0.2, 0.25) is 0 Å². The fourth-order valence-electron chi connectivity index (χ4n) is 2.76. The molecule has 4 N–H and O–H groups in total. The average molecular weight is 418 g/mol. The van der Waals surface area contributed by atoms with Gasteiger partial charge in [-0.15, -0.1) is 13.2 Å². The molecule has 0 aliphatic carbocycles. The van der Waals surface area contributed by atoms with Gasteiger partial charge in [-0.05, 0) is 47.5 Å². The van der Waals surface area contributed by atoms with Gasteiger partial charge in [0.05, 0.1) is 24.6 Å². The zero-order valence-corrected chi connectivity index (χ0v) is 16.0. The molecule has 3 aromatic carbocycles. The molecule has 5 nitrogen and oxygen atoms in total. The molecule has 0 aliphatic heterocycles. The van der Waals surface area contributed by atoms with Gasteiger partial charge >= 0.3 is 6.36 Å². The molecule has 0 bridgehead atoms. The highest BCUT2D eigenvalue weighted by Gasteiger charge is 2.30. The summed E-state index contributed by atoms with van der Waals surface area (Å²) < 4.78 is 51.8. The van der Waals surface area contributed by atoms with Crippen LogP contribution in [-0.4, -0.2) is 19.6 Å². The molecular formula is C22H21F3N2O3. The van der Waals surface area contributed by atoms with Gasteiger partial charge < -0.3 is 25.7 Å². The first-order valence-corrected chi connectivity index (χ1v) is 9.17. The van der Waals surface area contributed by atoms with E-state index < -0.39 is 6.36 Å². The summed E-state index contributed by atoms with van der Waals surface area (Å²) in [7, 11) is 0. The second kappa shape index (κ2) is 9.30. The number of alkyl halides is 3. The van der Waals surface area contributed by atoms with Gasteiger partial charge in [0.25, 0.3) is 0 Å². The highest BCUT2D eigenvalue weighted by atomic mass is 19.4. The van der Waals surface area contributed by atoms with Crippen LogP contribution in [0.15, 0.2) is 66.7 Å². The molecule has 0 aromatic heterocycles. The molecule has 0 fully saturated rings. The first-order chi connectivity index (χ1) is 14.3. The molecule has 30 heavy (non-hydrogen) atoms. The van der Waals surface area contributed by atoms with E-state index in [1.54, 1.807) is 42.5 Å². The lowest BCUT2D eigenvalue weighted by Gasteiger charge is -2.12. The highest BCUT2D eigenvalue weighted by Crippen LogP contribution is 2.29. The number of halogens is 3. The van der Waals surface area contributed by atoms with Crippen molar-refractivity contribution in [2.24, 2.45) is 0 Å². The number of nitrogen functional groups attached to an aromatic ring is 2. The normalized spacial score (nSPS) is 11.2. The predicted octanol–water partition coefficient (Wildman–Crippen LogP) is 5.26. The summed E-state index contributed by atoms with van der Waals surface area (Å²) in [5.41, 5.74) is 14.3. The fraction of sp³-hybridized carbons (Fsp3) is 0.182. The Kier molecular flexibility index (Phi) is 6.56. The summed E-state index contributed by atoms with van der Waals surface area (Å²) in [4.78, 5) is 0. The molecule has 3 aromatic rings. The number of benzene rings is 3. The lowest BCUT2D eigenvalue weighted by molar-refractivity contribution is -0.274. The van der Waals surface area contributed by atoms with Crippen LogP contribution in [-0.2, 0) is 0 Å². The summed E-state index contributed by atoms with van der Waals surface area (Å²) in [5, 5.41) is 0. The molecule has 0 saturated heterocycles. The topological polar surface area (TPSA) is 79.7 Å². The van der Waals surface area contributed by atoms with E-state index in [0.717, 1.165) is 11.1 Å². The predicted molar refractivity (Wildman–Crippen MR) is 109 cm³/mol. The van der Waals surface area contributed by atoms with Crippen molar-refractivity contribution in [1.29, 1.82) is 0 Å². The summed E-state index contributed by atoms with van der Waals surface area (Å²) in [6, 6.07) is 18.1. The Morgan fingerprint density at radius 1 is 0.667 bits per heavy atom. The molecule has 8 heteroatoms. The third-order valence-electron chi connectivity index (χ3n) is 4.16. The molecule has 0 aliphatic rings. The number of hydrogen-bond acceptors (Lipinski definition) is 5. The van der Waals surface area contributed by atoms with Crippen molar-refractivity contribution >= 4 is 11.4 Å². The average Bonchev–Trinajstić information content (AvgIpc) is 2.70. The van der Waals surface area contributed by atoms with Crippen LogP contribution in [0.3, 0.4) is 0 Å². The first kappa shape index (κ1) is 21.2. The number of ether oxygens (including phenoxy) is 3. The van der Waals surface area contributed by atoms with Crippen LogP contribution >= 0.6 is 0 Å². The molecule has 0 heterocycles. The second-order valence-electron chi connectivity index (χ2n) is 6.41. The minimum Gasteiger partial charge on any atom is -0.493 e. The summed E-state index contributed by atoms with van der Waals surface area (Å²) in [6.07, 6.45) is -4.07. The van der Waals surface area contributed by atoms with Crippen LogP contribution < -0.4 is 25.7 Å². The van der Waals surface area contributed by atoms with Crippen LogP contribution in [0.4, 0.5) is 24.5 Å². The van der Waals surface area contributed by atoms with Gasteiger partial charge in [0.1, 0.15) is 11.5 Å². The van der Waals surface area contributed by atoms with Crippen molar-refractivity contribution in [3.63, 3.8) is 0 Å². The van der Waals surface area contributed by atoms with E-state index in [0.29, 0.717) is 42.5 Å². The van der Waals surface area contributed by atoms with Gasteiger partial charge in [-0.3, -0.25) is 0 Å². The van der Waals surface area contributed by atoms with Gasteiger partial charge in [-0.1, -0.05) is 30.3 Å². The monoisotopic (exact) mass is 418 g/mol. The lowest BCUT2D eigenvalue weighted by Crippen LogP contribution is -2.16. The van der Waals surface area contributed by atoms with Crippen molar-refractivity contribution in [3.8, 4) is 28.4 Å². The van der Waals surface area contributed by atoms with Crippen molar-refractivity contribution in [3.05, 3.63) is 66.7 Å². The number of para-hydroxylation sites is 1. The number of nitrogens with two attached hydrogens (primary N) is 2. The van der Waals surface area contributed by atoms with E-state index in [9.17, 15) is 13.2 Å². The molecule has 0 amide bonds. The Morgan fingerprint density at radius 2 is 1.17 bits per heavy atom. The minimum atomic E-state index is -4.70. The largest absolute Gasteiger partial charge is 0.573 e. The van der Waals surface area contributed by atoms with E-state index in [2.05, 4.69) is 4.74 Å². The minimum absolute atomic E-state index is 0.257. The molecule has 3 rings (SSSR count). The third kappa shape index (κ3) is 5.97. The zero-order valence-electron chi connectivity index (χ0n) is 16.0. The number of anilines is 2. The number of rotatable bonds is 8. The van der Waals surface area contributed by atoms with E-state index in [1.165, 1.54) is 12.1 Å². The number of hydrogen-bond donors (Lipinski definition) is 2. The molecule has 0 radical (unpaired) electrons. The standard InChI is InChI=1S/C22H21F3N2O3/c23-22(24,25)30-18-11-7-16(8-12-18)15-5-9-17(10-6-15)28-13-2-14-29-21-19(26)3-1-4-20(21)27/h1,3-12H,2,13-14,26-27H2. The smallest absolute Gasteiger partial charge is 0.493 e. The van der Waals surface area contributed by atoms with Crippen molar-refractivity contribution < 1.29 is 27.4 Å². The van der Waals surface area contributed by atoms with E-state index >= 15 is 0 Å². The van der Waals surface area contributed by atoms with Gasteiger partial charge in [0.2, 0.25) is 0 Å². The van der Waals surface area contributed by atoms with Gasteiger partial charge in [-0.25, -0.2) is 0 Å². The van der Waals surface area contributed by atoms with Crippen molar-refractivity contribution in [2.45, 2.75) is 12.8 Å². The summed E-state index contributed by atoms with van der Waals surface area (Å²) in [5.74, 6) is 0.899. The molecule has 0 spiro atoms. The van der Waals surface area contributed by atoms with Crippen LogP contribution in [0.1, 0.15) is 6.42 Å². The maximum Gasteiger partial charge on any atom is 0.573 e. The highest BCUT2D eigenvalue weighted by molar-refractivity contribution is 5.67. The van der Waals surface area contributed by atoms with E-state index in [1.807, 2.05) is 12.1 Å². The Balaban J connectivity index is 1.46. The maximum atomic E-state index is 12.2. The van der Waals surface area contributed by atoms with Gasteiger partial charge in [-0.2, -0.15) is 0 Å². The van der Waals surface area contributed by atoms with Crippen LogP contribution in [0, 0.1) is 0 Å². The van der Waals surface area contributed by atoms with E-state index in [4.69, 9.17) is 20.9 Å².